The summed E-state index contributed by atoms with van der Waals surface area (Å²) in [7, 11) is 0. The van der Waals surface area contributed by atoms with Gasteiger partial charge in [0.15, 0.2) is 0 Å². The molecule has 1 saturated heterocycles. The van der Waals surface area contributed by atoms with Crippen LogP contribution in [0.3, 0.4) is 0 Å². The fourth-order valence-corrected chi connectivity index (χ4v) is 3.90. The van der Waals surface area contributed by atoms with Crippen molar-refractivity contribution in [3.05, 3.63) is 64.1 Å². The minimum atomic E-state index is -0.444. The maximum absolute atomic E-state index is 12.9. The van der Waals surface area contributed by atoms with Crippen LogP contribution in [-0.2, 0) is 16.1 Å². The minimum absolute atomic E-state index is 0.0997. The zero-order chi connectivity index (χ0) is 20.2. The predicted octanol–water partition coefficient (Wildman–Crippen LogP) is 4.62. The van der Waals surface area contributed by atoms with Crippen LogP contribution in [-0.4, -0.2) is 35.9 Å². The smallest absolute Gasteiger partial charge is 0.254 e. The van der Waals surface area contributed by atoms with E-state index in [1.165, 1.54) is 12.8 Å². The molecule has 1 unspecified atom stereocenters. The molecule has 2 amide bonds. The molecule has 0 radical (unpaired) electrons. The van der Waals surface area contributed by atoms with E-state index < -0.39 is 6.04 Å². The zero-order valence-electron chi connectivity index (χ0n) is 16.3. The van der Waals surface area contributed by atoms with Crippen molar-refractivity contribution in [3.8, 4) is 0 Å². The van der Waals surface area contributed by atoms with Gasteiger partial charge in [0.25, 0.3) is 5.91 Å². The second-order valence-corrected chi connectivity index (χ2v) is 8.73. The normalized spacial score (nSPS) is 18.7. The number of anilines is 1. The number of carbonyl (C=O) groups is 2. The summed E-state index contributed by atoms with van der Waals surface area (Å²) in [5.41, 5.74) is 2.38. The number of carbonyl (C=O) groups excluding carboxylic acids is 2. The van der Waals surface area contributed by atoms with Gasteiger partial charge in [0.1, 0.15) is 6.04 Å². The fourth-order valence-electron chi connectivity index (χ4n) is 3.63. The van der Waals surface area contributed by atoms with Crippen LogP contribution >= 0.6 is 15.9 Å². The van der Waals surface area contributed by atoms with E-state index in [2.05, 4.69) is 21.2 Å². The van der Waals surface area contributed by atoms with Crippen LogP contribution in [0.25, 0.3) is 0 Å². The summed E-state index contributed by atoms with van der Waals surface area (Å²) in [5, 5.41) is 2.99. The number of amides is 2. The summed E-state index contributed by atoms with van der Waals surface area (Å²) >= 11 is 3.38. The van der Waals surface area contributed by atoms with Crippen molar-refractivity contribution in [2.45, 2.75) is 38.3 Å². The van der Waals surface area contributed by atoms with Gasteiger partial charge >= 0.3 is 0 Å². The molecular formula is C23H25BrN2O3. The van der Waals surface area contributed by atoms with Crippen LogP contribution in [0.5, 0.6) is 0 Å². The molecular weight excluding hydrogens is 432 g/mol. The third-order valence-corrected chi connectivity index (χ3v) is 5.95. The molecule has 2 aromatic rings. The van der Waals surface area contributed by atoms with Gasteiger partial charge in [-0.2, -0.15) is 0 Å². The molecule has 5 nitrogen and oxygen atoms in total. The lowest BCUT2D eigenvalue weighted by molar-refractivity contribution is -0.119. The van der Waals surface area contributed by atoms with Gasteiger partial charge in [0.2, 0.25) is 5.91 Å². The SMILES string of the molecule is O=C(Nc1cccc(COCC2CC2)c1)C1CCCN1C(=O)c1ccc(Br)cc1. The largest absolute Gasteiger partial charge is 0.376 e. The lowest BCUT2D eigenvalue weighted by Crippen LogP contribution is -2.43. The Morgan fingerprint density at radius 2 is 1.90 bits per heavy atom. The second kappa shape index (κ2) is 9.09. The van der Waals surface area contributed by atoms with Crippen LogP contribution in [0.2, 0.25) is 0 Å². The summed E-state index contributed by atoms with van der Waals surface area (Å²) in [5.74, 6) is 0.496. The fraction of sp³-hybridized carbons (Fsp3) is 0.391. The molecule has 2 aliphatic rings. The van der Waals surface area contributed by atoms with Crippen molar-refractivity contribution in [2.24, 2.45) is 5.92 Å². The first kappa shape index (κ1) is 20.1. The lowest BCUT2D eigenvalue weighted by Gasteiger charge is -2.24. The van der Waals surface area contributed by atoms with E-state index >= 15 is 0 Å². The van der Waals surface area contributed by atoms with Gasteiger partial charge in [-0.25, -0.2) is 0 Å². The first-order valence-corrected chi connectivity index (χ1v) is 10.9. The van der Waals surface area contributed by atoms with Gasteiger partial charge in [-0.1, -0.05) is 28.1 Å². The molecule has 0 aromatic heterocycles. The van der Waals surface area contributed by atoms with E-state index in [1.54, 1.807) is 17.0 Å². The number of nitrogens with zero attached hydrogens (tertiary/aromatic N) is 1. The topological polar surface area (TPSA) is 58.6 Å². The number of benzene rings is 2. The zero-order valence-corrected chi connectivity index (χ0v) is 17.9. The Kier molecular flexibility index (Phi) is 6.31. The van der Waals surface area contributed by atoms with Gasteiger partial charge in [0, 0.05) is 28.9 Å². The average molecular weight is 457 g/mol. The number of likely N-dealkylation sites (tertiary alicyclic amines) is 1. The number of hydrogen-bond acceptors (Lipinski definition) is 3. The summed E-state index contributed by atoms with van der Waals surface area (Å²) in [6.45, 7) is 1.96. The number of halogens is 1. The summed E-state index contributed by atoms with van der Waals surface area (Å²) in [6, 6.07) is 14.5. The lowest BCUT2D eigenvalue weighted by atomic mass is 10.1. The number of ether oxygens (including phenoxy) is 1. The molecule has 0 bridgehead atoms. The molecule has 152 valence electrons. The Morgan fingerprint density at radius 1 is 1.10 bits per heavy atom. The number of hydrogen-bond donors (Lipinski definition) is 1. The molecule has 6 heteroatoms. The van der Waals surface area contributed by atoms with Gasteiger partial charge < -0.3 is 15.0 Å². The van der Waals surface area contributed by atoms with Crippen LogP contribution in [0.1, 0.15) is 41.6 Å². The molecule has 1 aliphatic carbocycles. The molecule has 2 fully saturated rings. The van der Waals surface area contributed by atoms with Gasteiger partial charge in [-0.15, -0.1) is 0 Å². The summed E-state index contributed by atoms with van der Waals surface area (Å²) < 4.78 is 6.66. The van der Waals surface area contributed by atoms with E-state index in [1.807, 2.05) is 36.4 Å². The molecule has 1 N–H and O–H groups in total. The molecule has 1 atom stereocenters. The second-order valence-electron chi connectivity index (χ2n) is 7.81. The van der Waals surface area contributed by atoms with E-state index in [0.29, 0.717) is 25.1 Å². The van der Waals surface area contributed by atoms with Gasteiger partial charge in [0.05, 0.1) is 6.61 Å². The molecule has 2 aromatic carbocycles. The Morgan fingerprint density at radius 3 is 2.66 bits per heavy atom. The Balaban J connectivity index is 1.38. The monoisotopic (exact) mass is 456 g/mol. The quantitative estimate of drug-likeness (QED) is 0.660. The van der Waals surface area contributed by atoms with Gasteiger partial charge in [-0.3, -0.25) is 9.59 Å². The molecule has 1 aliphatic heterocycles. The van der Waals surface area contributed by atoms with Crippen molar-refractivity contribution in [3.63, 3.8) is 0 Å². The first-order chi connectivity index (χ1) is 14.1. The Labute approximate surface area is 179 Å². The number of rotatable bonds is 7. The predicted molar refractivity (Wildman–Crippen MR) is 116 cm³/mol. The Bertz CT molecular complexity index is 880. The molecule has 29 heavy (non-hydrogen) atoms. The highest BCUT2D eigenvalue weighted by Gasteiger charge is 2.34. The highest BCUT2D eigenvalue weighted by atomic mass is 79.9. The Hall–Kier alpha value is -2.18. The van der Waals surface area contributed by atoms with E-state index in [9.17, 15) is 9.59 Å². The van der Waals surface area contributed by atoms with E-state index in [4.69, 9.17) is 4.74 Å². The molecule has 0 spiro atoms. The molecule has 1 heterocycles. The third kappa shape index (κ3) is 5.25. The van der Waals surface area contributed by atoms with E-state index in [0.717, 1.165) is 34.7 Å². The summed E-state index contributed by atoms with van der Waals surface area (Å²) in [4.78, 5) is 27.4. The van der Waals surface area contributed by atoms with Crippen molar-refractivity contribution in [2.75, 3.05) is 18.5 Å². The average Bonchev–Trinajstić information content (AvgIpc) is 3.41. The van der Waals surface area contributed by atoms with Crippen LogP contribution in [0.4, 0.5) is 5.69 Å². The highest BCUT2D eigenvalue weighted by molar-refractivity contribution is 9.10. The highest BCUT2D eigenvalue weighted by Crippen LogP contribution is 2.29. The number of nitrogens with one attached hydrogen (secondary N) is 1. The van der Waals surface area contributed by atoms with Crippen molar-refractivity contribution in [1.29, 1.82) is 0 Å². The maximum atomic E-state index is 12.9. The van der Waals surface area contributed by atoms with Crippen LogP contribution in [0, 0.1) is 5.92 Å². The van der Waals surface area contributed by atoms with Crippen molar-refractivity contribution >= 4 is 33.4 Å². The molecule has 1 saturated carbocycles. The third-order valence-electron chi connectivity index (χ3n) is 5.42. The standard InChI is InChI=1S/C23H25BrN2O3/c24-19-10-8-18(9-11-19)23(28)26-12-2-5-21(26)22(27)25-20-4-1-3-17(13-20)15-29-14-16-6-7-16/h1,3-4,8-11,13,16,21H,2,5-7,12,14-15H2,(H,25,27). The minimum Gasteiger partial charge on any atom is -0.376 e. The summed E-state index contributed by atoms with van der Waals surface area (Å²) in [6.07, 6.45) is 4.05. The maximum Gasteiger partial charge on any atom is 0.254 e. The van der Waals surface area contributed by atoms with Gasteiger partial charge in [-0.05, 0) is 73.6 Å². The van der Waals surface area contributed by atoms with Crippen LogP contribution < -0.4 is 5.32 Å². The molecule has 4 rings (SSSR count). The van der Waals surface area contributed by atoms with Crippen molar-refractivity contribution in [1.82, 2.24) is 4.90 Å². The van der Waals surface area contributed by atoms with E-state index in [-0.39, 0.29) is 11.8 Å². The van der Waals surface area contributed by atoms with Crippen LogP contribution in [0.15, 0.2) is 53.0 Å². The first-order valence-electron chi connectivity index (χ1n) is 10.1. The van der Waals surface area contributed by atoms with Crippen molar-refractivity contribution < 1.29 is 14.3 Å².